The Hall–Kier alpha value is -1.77. The quantitative estimate of drug-likeness (QED) is 0.858. The van der Waals surface area contributed by atoms with E-state index in [2.05, 4.69) is 5.32 Å². The minimum absolute atomic E-state index is 0.0256. The summed E-state index contributed by atoms with van der Waals surface area (Å²) >= 11 is 0. The summed E-state index contributed by atoms with van der Waals surface area (Å²) in [7, 11) is 0. The van der Waals surface area contributed by atoms with Crippen LogP contribution in [0.4, 0.5) is 0 Å². The summed E-state index contributed by atoms with van der Waals surface area (Å²) in [6, 6.07) is 7.83. The summed E-state index contributed by atoms with van der Waals surface area (Å²) in [5.74, 6) is 0.102. The number of nitrogens with one attached hydrogen (secondary N) is 1. The molecule has 0 saturated heterocycles. The van der Waals surface area contributed by atoms with Gasteiger partial charge in [-0.25, -0.2) is 0 Å². The largest absolute Gasteiger partial charge is 0.464 e. The van der Waals surface area contributed by atoms with Crippen LogP contribution in [0.5, 0.6) is 0 Å². The fraction of sp³-hybridized carbons (Fsp3) is 0.308. The molecule has 0 saturated carbocycles. The van der Waals surface area contributed by atoms with Gasteiger partial charge in [0, 0.05) is 17.8 Å². The van der Waals surface area contributed by atoms with Gasteiger partial charge in [0.1, 0.15) is 5.58 Å². The number of furan rings is 1. The van der Waals surface area contributed by atoms with E-state index in [1.807, 2.05) is 38.1 Å². The molecule has 0 spiro atoms. The lowest BCUT2D eigenvalue weighted by Gasteiger charge is -2.07. The van der Waals surface area contributed by atoms with Crippen molar-refractivity contribution in [2.24, 2.45) is 5.92 Å². The molecule has 0 aliphatic carbocycles. The minimum atomic E-state index is 0.0256. The topological polar surface area (TPSA) is 42.2 Å². The van der Waals surface area contributed by atoms with E-state index in [0.29, 0.717) is 6.54 Å². The average molecular weight is 217 g/mol. The average Bonchev–Trinajstić information content (AvgIpc) is 2.72. The second-order valence-electron chi connectivity index (χ2n) is 4.17. The predicted octanol–water partition coefficient (Wildman–Crippen LogP) is 2.71. The van der Waals surface area contributed by atoms with E-state index in [4.69, 9.17) is 4.42 Å². The maximum absolute atomic E-state index is 11.4. The van der Waals surface area contributed by atoms with Crippen molar-refractivity contribution in [3.8, 4) is 0 Å². The van der Waals surface area contributed by atoms with Crippen molar-refractivity contribution in [2.45, 2.75) is 20.4 Å². The molecular weight excluding hydrogens is 202 g/mol. The Morgan fingerprint density at radius 3 is 2.94 bits per heavy atom. The zero-order chi connectivity index (χ0) is 11.5. The highest BCUT2D eigenvalue weighted by molar-refractivity contribution is 5.79. The Balaban J connectivity index is 2.06. The fourth-order valence-corrected chi connectivity index (χ4v) is 1.52. The molecule has 0 fully saturated rings. The number of hydrogen-bond donors (Lipinski definition) is 1. The first-order chi connectivity index (χ1) is 7.66. The third kappa shape index (κ3) is 2.24. The lowest BCUT2D eigenvalue weighted by Crippen LogP contribution is -2.27. The highest BCUT2D eigenvalue weighted by Crippen LogP contribution is 2.16. The van der Waals surface area contributed by atoms with E-state index < -0.39 is 0 Å². The van der Waals surface area contributed by atoms with Gasteiger partial charge in [0.05, 0.1) is 6.26 Å². The molecule has 0 radical (unpaired) electrons. The molecule has 0 atom stereocenters. The van der Waals surface area contributed by atoms with E-state index in [1.165, 1.54) is 0 Å². The summed E-state index contributed by atoms with van der Waals surface area (Å²) < 4.78 is 5.25. The van der Waals surface area contributed by atoms with Crippen molar-refractivity contribution in [3.05, 3.63) is 36.1 Å². The molecule has 1 aromatic heterocycles. The first-order valence-corrected chi connectivity index (χ1v) is 5.40. The smallest absolute Gasteiger partial charge is 0.222 e. The van der Waals surface area contributed by atoms with E-state index in [0.717, 1.165) is 16.5 Å². The number of carbonyl (C=O) groups is 1. The van der Waals surface area contributed by atoms with Crippen LogP contribution in [0.3, 0.4) is 0 Å². The molecule has 1 heterocycles. The van der Waals surface area contributed by atoms with Crippen molar-refractivity contribution in [1.29, 1.82) is 0 Å². The maximum Gasteiger partial charge on any atom is 0.222 e. The fourth-order valence-electron chi connectivity index (χ4n) is 1.52. The van der Waals surface area contributed by atoms with E-state index in [9.17, 15) is 4.79 Å². The molecular formula is C13H15NO2. The van der Waals surface area contributed by atoms with Gasteiger partial charge >= 0.3 is 0 Å². The first kappa shape index (κ1) is 10.7. The number of benzene rings is 1. The Kier molecular flexibility index (Phi) is 2.95. The Morgan fingerprint density at radius 1 is 1.38 bits per heavy atom. The molecule has 0 aliphatic rings. The third-order valence-electron chi connectivity index (χ3n) is 2.51. The maximum atomic E-state index is 11.4. The van der Waals surface area contributed by atoms with Gasteiger partial charge in [-0.3, -0.25) is 4.79 Å². The van der Waals surface area contributed by atoms with Gasteiger partial charge in [-0.05, 0) is 23.8 Å². The summed E-state index contributed by atoms with van der Waals surface area (Å²) in [5.41, 5.74) is 1.96. The van der Waals surface area contributed by atoms with Crippen LogP contribution in [-0.4, -0.2) is 5.91 Å². The zero-order valence-electron chi connectivity index (χ0n) is 9.49. The van der Waals surface area contributed by atoms with Crippen LogP contribution < -0.4 is 5.32 Å². The van der Waals surface area contributed by atoms with Crippen LogP contribution in [0, 0.1) is 5.92 Å². The Bertz CT molecular complexity index is 499. The second kappa shape index (κ2) is 4.39. The summed E-state index contributed by atoms with van der Waals surface area (Å²) in [4.78, 5) is 11.4. The van der Waals surface area contributed by atoms with Crippen LogP contribution in [-0.2, 0) is 11.3 Å². The van der Waals surface area contributed by atoms with Crippen LogP contribution in [0.15, 0.2) is 34.9 Å². The molecule has 0 aliphatic heterocycles. The first-order valence-electron chi connectivity index (χ1n) is 5.40. The molecule has 84 valence electrons. The molecule has 1 aromatic carbocycles. The van der Waals surface area contributed by atoms with E-state index in [1.54, 1.807) is 6.26 Å². The molecule has 16 heavy (non-hydrogen) atoms. The normalized spacial score (nSPS) is 10.9. The molecule has 2 rings (SSSR count). The summed E-state index contributed by atoms with van der Waals surface area (Å²) in [6.45, 7) is 4.33. The number of amides is 1. The van der Waals surface area contributed by atoms with Gasteiger partial charge in [0.2, 0.25) is 5.91 Å². The number of carbonyl (C=O) groups excluding carboxylic acids is 1. The number of hydrogen-bond acceptors (Lipinski definition) is 2. The van der Waals surface area contributed by atoms with Crippen molar-refractivity contribution in [2.75, 3.05) is 0 Å². The highest BCUT2D eigenvalue weighted by Gasteiger charge is 2.06. The monoisotopic (exact) mass is 217 g/mol. The molecule has 0 unspecified atom stereocenters. The van der Waals surface area contributed by atoms with Gasteiger partial charge in [-0.1, -0.05) is 19.9 Å². The van der Waals surface area contributed by atoms with Crippen molar-refractivity contribution >= 4 is 16.9 Å². The minimum Gasteiger partial charge on any atom is -0.464 e. The standard InChI is InChI=1S/C13H15NO2/c1-9(2)13(15)14-8-10-3-4-12-11(7-10)5-6-16-12/h3-7,9H,8H2,1-2H3,(H,14,15). The van der Waals surface area contributed by atoms with Crippen LogP contribution in [0.2, 0.25) is 0 Å². The molecule has 3 nitrogen and oxygen atoms in total. The Labute approximate surface area is 94.4 Å². The van der Waals surface area contributed by atoms with Crippen LogP contribution in [0.25, 0.3) is 11.0 Å². The van der Waals surface area contributed by atoms with E-state index in [-0.39, 0.29) is 11.8 Å². The van der Waals surface area contributed by atoms with Crippen molar-refractivity contribution in [1.82, 2.24) is 5.32 Å². The van der Waals surface area contributed by atoms with E-state index >= 15 is 0 Å². The van der Waals surface area contributed by atoms with Crippen LogP contribution in [0.1, 0.15) is 19.4 Å². The number of rotatable bonds is 3. The molecule has 3 heteroatoms. The van der Waals surface area contributed by atoms with Gasteiger partial charge < -0.3 is 9.73 Å². The molecule has 1 N–H and O–H groups in total. The SMILES string of the molecule is CC(C)C(=O)NCc1ccc2occc2c1. The molecule has 1 amide bonds. The van der Waals surface area contributed by atoms with Gasteiger partial charge in [0.15, 0.2) is 0 Å². The Morgan fingerprint density at radius 2 is 2.19 bits per heavy atom. The van der Waals surface area contributed by atoms with Crippen molar-refractivity contribution < 1.29 is 9.21 Å². The lowest BCUT2D eigenvalue weighted by atomic mass is 10.1. The molecule has 2 aromatic rings. The highest BCUT2D eigenvalue weighted by atomic mass is 16.3. The van der Waals surface area contributed by atoms with Crippen molar-refractivity contribution in [3.63, 3.8) is 0 Å². The van der Waals surface area contributed by atoms with Gasteiger partial charge in [-0.2, -0.15) is 0 Å². The number of fused-ring (bicyclic) bond motifs is 1. The molecule has 0 bridgehead atoms. The lowest BCUT2D eigenvalue weighted by molar-refractivity contribution is -0.124. The zero-order valence-corrected chi connectivity index (χ0v) is 9.49. The van der Waals surface area contributed by atoms with Crippen LogP contribution >= 0.6 is 0 Å². The summed E-state index contributed by atoms with van der Waals surface area (Å²) in [5, 5.41) is 3.95. The van der Waals surface area contributed by atoms with Gasteiger partial charge in [-0.15, -0.1) is 0 Å². The second-order valence-corrected chi connectivity index (χ2v) is 4.17. The van der Waals surface area contributed by atoms with Gasteiger partial charge in [0.25, 0.3) is 0 Å². The predicted molar refractivity (Wildman–Crippen MR) is 62.9 cm³/mol. The third-order valence-corrected chi connectivity index (χ3v) is 2.51. The summed E-state index contributed by atoms with van der Waals surface area (Å²) in [6.07, 6.45) is 1.67.